The summed E-state index contributed by atoms with van der Waals surface area (Å²) in [5.74, 6) is 0.642. The number of thioether (sulfide) groups is 1. The number of benzene rings is 1. The number of rotatable bonds is 6. The van der Waals surface area contributed by atoms with E-state index in [1.165, 1.54) is 11.1 Å². The monoisotopic (exact) mass is 332 g/mol. The lowest BCUT2D eigenvalue weighted by Crippen LogP contribution is -2.37. The van der Waals surface area contributed by atoms with Gasteiger partial charge in [-0.25, -0.2) is 0 Å². The van der Waals surface area contributed by atoms with Crippen LogP contribution in [0.3, 0.4) is 0 Å². The lowest BCUT2D eigenvalue weighted by Gasteiger charge is -2.30. The van der Waals surface area contributed by atoms with E-state index in [2.05, 4.69) is 53.2 Å². The molecule has 1 aliphatic rings. The Morgan fingerprint density at radius 1 is 1.26 bits per heavy atom. The molecule has 0 radical (unpaired) electrons. The van der Waals surface area contributed by atoms with Crippen LogP contribution in [0, 0.1) is 0 Å². The maximum Gasteiger partial charge on any atom is 0.191 e. The topological polar surface area (TPSA) is 54.2 Å². The molecule has 0 spiro atoms. The van der Waals surface area contributed by atoms with Crippen molar-refractivity contribution in [2.75, 3.05) is 18.8 Å². The van der Waals surface area contributed by atoms with Crippen LogP contribution in [-0.4, -0.2) is 49.7 Å². The predicted molar refractivity (Wildman–Crippen MR) is 92.6 cm³/mol. The van der Waals surface area contributed by atoms with Crippen molar-refractivity contribution in [2.45, 2.75) is 44.1 Å². The molecular weight excluding hydrogens is 308 g/mol. The average molecular weight is 332 g/mol. The first-order valence-corrected chi connectivity index (χ1v) is 9.11. The number of aliphatic hydroxyl groups excluding tert-OH is 1. The fraction of sp³-hybridized carbons (Fsp3) is 0.529. The summed E-state index contributed by atoms with van der Waals surface area (Å²) in [5.41, 5.74) is 2.83. The van der Waals surface area contributed by atoms with Crippen LogP contribution in [0.4, 0.5) is 0 Å². The third-order valence-electron chi connectivity index (χ3n) is 4.18. The zero-order valence-electron chi connectivity index (χ0n) is 13.7. The molecule has 0 saturated carbocycles. The zero-order chi connectivity index (χ0) is 16.2. The lowest BCUT2D eigenvalue weighted by atomic mass is 10.00. The van der Waals surface area contributed by atoms with E-state index in [9.17, 15) is 5.11 Å². The first-order valence-electron chi connectivity index (χ1n) is 8.13. The molecule has 1 N–H and O–H groups in total. The molecule has 1 aromatic heterocycles. The quantitative estimate of drug-likeness (QED) is 0.823. The molecule has 1 atom stereocenters. The molecule has 0 bridgehead atoms. The number of nitrogens with zero attached hydrogens (tertiary/aromatic N) is 4. The number of fused-ring (bicyclic) bond motifs is 1. The van der Waals surface area contributed by atoms with Crippen LogP contribution in [0.15, 0.2) is 35.7 Å². The Kier molecular flexibility index (Phi) is 5.35. The van der Waals surface area contributed by atoms with E-state index >= 15 is 0 Å². The highest BCUT2D eigenvalue weighted by Crippen LogP contribution is 2.22. The highest BCUT2D eigenvalue weighted by atomic mass is 32.2. The highest BCUT2D eigenvalue weighted by molar-refractivity contribution is 7.99. The Morgan fingerprint density at radius 3 is 2.83 bits per heavy atom. The first kappa shape index (κ1) is 16.5. The molecule has 23 heavy (non-hydrogen) atoms. The smallest absolute Gasteiger partial charge is 0.191 e. The van der Waals surface area contributed by atoms with Gasteiger partial charge in [0.25, 0.3) is 0 Å². The van der Waals surface area contributed by atoms with Crippen molar-refractivity contribution in [1.82, 2.24) is 19.7 Å². The normalized spacial score (nSPS) is 16.5. The van der Waals surface area contributed by atoms with E-state index in [0.717, 1.165) is 24.7 Å². The molecule has 2 heterocycles. The van der Waals surface area contributed by atoms with Crippen molar-refractivity contribution in [3.63, 3.8) is 0 Å². The summed E-state index contributed by atoms with van der Waals surface area (Å²) in [6.07, 6.45) is 2.46. The van der Waals surface area contributed by atoms with Gasteiger partial charge in [0, 0.05) is 31.4 Å². The van der Waals surface area contributed by atoms with Crippen molar-refractivity contribution in [3.8, 4) is 0 Å². The minimum atomic E-state index is -0.359. The van der Waals surface area contributed by atoms with Crippen LogP contribution >= 0.6 is 11.8 Å². The van der Waals surface area contributed by atoms with Crippen LogP contribution in [0.2, 0.25) is 0 Å². The zero-order valence-corrected chi connectivity index (χ0v) is 14.5. The number of aromatic nitrogens is 3. The Hall–Kier alpha value is -1.37. The molecule has 0 fully saturated rings. The van der Waals surface area contributed by atoms with Gasteiger partial charge in [-0.1, -0.05) is 36.0 Å². The summed E-state index contributed by atoms with van der Waals surface area (Å²) < 4.78 is 2.04. The van der Waals surface area contributed by atoms with Gasteiger partial charge in [-0.15, -0.1) is 10.2 Å². The van der Waals surface area contributed by atoms with Crippen LogP contribution in [0.1, 0.15) is 31.0 Å². The van der Waals surface area contributed by atoms with Gasteiger partial charge >= 0.3 is 0 Å². The molecule has 0 aliphatic carbocycles. The van der Waals surface area contributed by atoms with Gasteiger partial charge in [-0.05, 0) is 31.4 Å². The molecule has 5 nitrogen and oxygen atoms in total. The molecule has 0 amide bonds. The minimum absolute atomic E-state index is 0.336. The number of β-amino-alcohol motifs (C(OH)–C–C–N with tert-alkyl or cyclic N) is 1. The molecule has 124 valence electrons. The van der Waals surface area contributed by atoms with Crippen molar-refractivity contribution in [1.29, 1.82) is 0 Å². The molecule has 3 rings (SSSR count). The molecule has 1 unspecified atom stereocenters. The van der Waals surface area contributed by atoms with Crippen molar-refractivity contribution in [3.05, 3.63) is 41.7 Å². The van der Waals surface area contributed by atoms with Crippen LogP contribution in [0.5, 0.6) is 0 Å². The molecule has 0 saturated heterocycles. The van der Waals surface area contributed by atoms with E-state index in [-0.39, 0.29) is 6.10 Å². The standard InChI is InChI=1S/C17H24N4OS/c1-13(2)21-12-18-19-17(21)23-11-16(22)10-20-8-7-14-5-3-4-6-15(14)9-20/h3-6,12-13,16,22H,7-11H2,1-2H3. The van der Waals surface area contributed by atoms with Crippen LogP contribution in [0.25, 0.3) is 0 Å². The van der Waals surface area contributed by atoms with Crippen LogP contribution < -0.4 is 0 Å². The highest BCUT2D eigenvalue weighted by Gasteiger charge is 2.19. The summed E-state index contributed by atoms with van der Waals surface area (Å²) in [7, 11) is 0. The van der Waals surface area contributed by atoms with E-state index in [0.29, 0.717) is 18.3 Å². The summed E-state index contributed by atoms with van der Waals surface area (Å²) in [5, 5.41) is 19.3. The van der Waals surface area contributed by atoms with Gasteiger partial charge in [-0.2, -0.15) is 0 Å². The summed E-state index contributed by atoms with van der Waals surface area (Å²) >= 11 is 1.58. The summed E-state index contributed by atoms with van der Waals surface area (Å²) in [6, 6.07) is 8.92. The Morgan fingerprint density at radius 2 is 2.04 bits per heavy atom. The van der Waals surface area contributed by atoms with E-state index < -0.39 is 0 Å². The first-order chi connectivity index (χ1) is 11.1. The molecule has 1 aliphatic heterocycles. The maximum atomic E-state index is 10.4. The second-order valence-corrected chi connectivity index (χ2v) is 7.32. The van der Waals surface area contributed by atoms with E-state index in [1.54, 1.807) is 18.1 Å². The summed E-state index contributed by atoms with van der Waals surface area (Å²) in [4.78, 5) is 2.33. The predicted octanol–water partition coefficient (Wildman–Crippen LogP) is 2.37. The minimum Gasteiger partial charge on any atom is -0.391 e. The van der Waals surface area contributed by atoms with Gasteiger partial charge in [0.2, 0.25) is 0 Å². The Labute approximate surface area is 141 Å². The van der Waals surface area contributed by atoms with Crippen molar-refractivity contribution < 1.29 is 5.11 Å². The number of aliphatic hydroxyl groups is 1. The Bertz CT molecular complexity index is 643. The van der Waals surface area contributed by atoms with Gasteiger partial charge < -0.3 is 9.67 Å². The van der Waals surface area contributed by atoms with Crippen molar-refractivity contribution in [2.24, 2.45) is 0 Å². The lowest BCUT2D eigenvalue weighted by molar-refractivity contribution is 0.122. The van der Waals surface area contributed by atoms with Crippen LogP contribution in [-0.2, 0) is 13.0 Å². The van der Waals surface area contributed by atoms with Crippen molar-refractivity contribution >= 4 is 11.8 Å². The largest absolute Gasteiger partial charge is 0.391 e. The summed E-state index contributed by atoms with van der Waals surface area (Å²) in [6.45, 7) is 6.86. The molecular formula is C17H24N4OS. The van der Waals surface area contributed by atoms with Gasteiger partial charge in [-0.3, -0.25) is 4.90 Å². The third-order valence-corrected chi connectivity index (χ3v) is 5.28. The second kappa shape index (κ2) is 7.47. The second-order valence-electron chi connectivity index (χ2n) is 6.33. The van der Waals surface area contributed by atoms with E-state index in [1.807, 2.05) is 4.57 Å². The van der Waals surface area contributed by atoms with E-state index in [4.69, 9.17) is 0 Å². The molecule has 2 aromatic rings. The number of hydrogen-bond acceptors (Lipinski definition) is 5. The molecule has 1 aromatic carbocycles. The fourth-order valence-electron chi connectivity index (χ4n) is 2.92. The maximum absolute atomic E-state index is 10.4. The van der Waals surface area contributed by atoms with Gasteiger partial charge in [0.1, 0.15) is 6.33 Å². The SMILES string of the molecule is CC(C)n1cnnc1SCC(O)CN1CCc2ccccc2C1. The molecule has 6 heteroatoms. The van der Waals surface area contributed by atoms with Gasteiger partial charge in [0.15, 0.2) is 5.16 Å². The fourth-order valence-corrected chi connectivity index (χ4v) is 3.88. The third kappa shape index (κ3) is 4.13. The average Bonchev–Trinajstić information content (AvgIpc) is 3.01. The number of hydrogen-bond donors (Lipinski definition) is 1. The van der Waals surface area contributed by atoms with Gasteiger partial charge in [0.05, 0.1) is 6.10 Å². The Balaban J connectivity index is 1.50.